The van der Waals surface area contributed by atoms with E-state index in [0.29, 0.717) is 16.7 Å². The van der Waals surface area contributed by atoms with Gasteiger partial charge in [-0.1, -0.05) is 91.0 Å². The van der Waals surface area contributed by atoms with Crippen molar-refractivity contribution in [1.29, 1.82) is 0 Å². The first-order valence-electron chi connectivity index (χ1n) is 11.8. The lowest BCUT2D eigenvalue weighted by atomic mass is 9.83. The highest BCUT2D eigenvalue weighted by molar-refractivity contribution is 5.95. The number of carbonyl (C=O) groups excluding carboxylic acids is 2. The van der Waals surface area contributed by atoms with E-state index in [2.05, 4.69) is 0 Å². The van der Waals surface area contributed by atoms with E-state index in [1.54, 1.807) is 78.9 Å². The van der Waals surface area contributed by atoms with Gasteiger partial charge in [0.1, 0.15) is 24.4 Å². The number of benzene rings is 3. The van der Waals surface area contributed by atoms with E-state index in [1.165, 1.54) is 0 Å². The minimum Gasteiger partial charge on any atom is -0.451 e. The highest BCUT2D eigenvalue weighted by Crippen LogP contribution is 2.29. The van der Waals surface area contributed by atoms with Gasteiger partial charge in [0.05, 0.1) is 18.6 Å². The second kappa shape index (κ2) is 13.2. The molecule has 0 saturated heterocycles. The Hall–Kier alpha value is -3.44. The molecule has 0 aromatic heterocycles. The van der Waals surface area contributed by atoms with Crippen molar-refractivity contribution in [2.75, 3.05) is 6.61 Å². The number of aliphatic hydroxyl groups is 4. The number of Topliss-reactive ketones (excluding diaryl/α,β-unsaturated/α-hetero) is 1. The third-order valence-electron chi connectivity index (χ3n) is 6.15. The molecule has 6 atom stereocenters. The fourth-order valence-corrected chi connectivity index (χ4v) is 4.02. The van der Waals surface area contributed by atoms with Gasteiger partial charge in [-0.3, -0.25) is 9.59 Å². The molecule has 1 unspecified atom stereocenters. The van der Waals surface area contributed by atoms with Crippen molar-refractivity contribution in [2.24, 2.45) is 11.5 Å². The van der Waals surface area contributed by atoms with Crippen molar-refractivity contribution < 1.29 is 34.8 Å². The van der Waals surface area contributed by atoms with Crippen LogP contribution in [0.1, 0.15) is 28.7 Å². The van der Waals surface area contributed by atoms with Crippen LogP contribution in [0.15, 0.2) is 91.0 Å². The van der Waals surface area contributed by atoms with Crippen molar-refractivity contribution in [1.82, 2.24) is 0 Å². The van der Waals surface area contributed by atoms with Gasteiger partial charge in [0.15, 0.2) is 11.9 Å². The zero-order valence-electron chi connectivity index (χ0n) is 20.1. The molecule has 0 aliphatic carbocycles. The first-order valence-corrected chi connectivity index (χ1v) is 11.8. The second-order valence-corrected chi connectivity index (χ2v) is 8.73. The number of ether oxygens (including phenoxy) is 1. The average Bonchev–Trinajstić information content (AvgIpc) is 2.95. The molecule has 9 nitrogen and oxygen atoms in total. The smallest absolute Gasteiger partial charge is 0.324 e. The number of rotatable bonds is 12. The molecular weight excluding hydrogens is 476 g/mol. The Labute approximate surface area is 214 Å². The summed E-state index contributed by atoms with van der Waals surface area (Å²) in [6.45, 7) is -0.687. The van der Waals surface area contributed by atoms with Crippen LogP contribution in [0.2, 0.25) is 0 Å². The molecule has 0 aliphatic rings. The Morgan fingerprint density at radius 1 is 0.703 bits per heavy atom. The molecule has 0 fully saturated rings. The molecule has 0 saturated carbocycles. The lowest BCUT2D eigenvalue weighted by Crippen LogP contribution is -2.54. The van der Waals surface area contributed by atoms with Crippen molar-refractivity contribution in [2.45, 2.75) is 42.4 Å². The molecule has 196 valence electrons. The van der Waals surface area contributed by atoms with E-state index in [9.17, 15) is 24.9 Å². The summed E-state index contributed by atoms with van der Waals surface area (Å²) in [5, 5.41) is 40.2. The van der Waals surface area contributed by atoms with Gasteiger partial charge >= 0.3 is 5.97 Å². The normalized spacial score (nSPS) is 16.3. The minimum absolute atomic E-state index is 0.306. The largest absolute Gasteiger partial charge is 0.451 e. The molecule has 0 amide bonds. The molecule has 0 heterocycles. The van der Waals surface area contributed by atoms with Crippen LogP contribution in [0.25, 0.3) is 0 Å². The van der Waals surface area contributed by atoms with E-state index < -0.39 is 60.8 Å². The van der Waals surface area contributed by atoms with E-state index in [4.69, 9.17) is 21.3 Å². The number of hydrogen-bond donors (Lipinski definition) is 6. The standard InChI is InChI=1S/C28H32N2O7/c29-20(16-31)23(32)25(34)26(35)24(33)21(17-10-4-1-5-11-17)22(30)28(36)37-27(18-12-6-2-7-13-18)19-14-8-3-9-15-19/h1-15,20-23,25-27,31-32,34-35H,16,29-30H2/t20-,21?,22-,23+,25+,26+/m0/s1. The predicted molar refractivity (Wildman–Crippen MR) is 136 cm³/mol. The Morgan fingerprint density at radius 3 is 1.57 bits per heavy atom. The van der Waals surface area contributed by atoms with Gasteiger partial charge in [-0.2, -0.15) is 0 Å². The van der Waals surface area contributed by atoms with Gasteiger partial charge in [-0.15, -0.1) is 0 Å². The summed E-state index contributed by atoms with van der Waals surface area (Å²) in [6.07, 6.45) is -6.78. The summed E-state index contributed by atoms with van der Waals surface area (Å²) in [7, 11) is 0. The molecule has 3 aromatic carbocycles. The number of ketones is 1. The van der Waals surface area contributed by atoms with Crippen LogP contribution < -0.4 is 11.5 Å². The van der Waals surface area contributed by atoms with Crippen LogP contribution in [-0.2, 0) is 14.3 Å². The van der Waals surface area contributed by atoms with Crippen molar-refractivity contribution in [3.63, 3.8) is 0 Å². The van der Waals surface area contributed by atoms with Crippen LogP contribution >= 0.6 is 0 Å². The van der Waals surface area contributed by atoms with Crippen LogP contribution in [-0.4, -0.2) is 69.2 Å². The SMILES string of the molecule is N[C@H](C(=O)OC(c1ccccc1)c1ccccc1)C(C(=O)[C@@H](O)[C@H](O)[C@H](O)[C@@H](N)CO)c1ccccc1. The molecule has 9 heteroatoms. The van der Waals surface area contributed by atoms with E-state index in [0.717, 1.165) is 0 Å². The molecule has 3 rings (SSSR count). The Bertz CT molecular complexity index is 1090. The third-order valence-corrected chi connectivity index (χ3v) is 6.15. The number of carbonyl (C=O) groups is 2. The number of hydrogen-bond acceptors (Lipinski definition) is 9. The number of nitrogens with two attached hydrogens (primary N) is 2. The Balaban J connectivity index is 1.91. The summed E-state index contributed by atoms with van der Waals surface area (Å²) in [4.78, 5) is 26.7. The van der Waals surface area contributed by atoms with Crippen molar-refractivity contribution in [3.05, 3.63) is 108 Å². The highest BCUT2D eigenvalue weighted by Gasteiger charge is 2.42. The summed E-state index contributed by atoms with van der Waals surface area (Å²) in [6, 6.07) is 23.2. The van der Waals surface area contributed by atoms with Crippen LogP contribution in [0, 0.1) is 0 Å². The summed E-state index contributed by atoms with van der Waals surface area (Å²) >= 11 is 0. The summed E-state index contributed by atoms with van der Waals surface area (Å²) in [5.41, 5.74) is 13.5. The zero-order valence-corrected chi connectivity index (χ0v) is 20.1. The first-order chi connectivity index (χ1) is 17.8. The maximum atomic E-state index is 13.4. The quantitative estimate of drug-likeness (QED) is 0.189. The maximum absolute atomic E-state index is 13.4. The molecule has 0 radical (unpaired) electrons. The zero-order chi connectivity index (χ0) is 26.9. The van der Waals surface area contributed by atoms with Gasteiger partial charge in [0.2, 0.25) is 0 Å². The first kappa shape index (κ1) is 28.1. The lowest BCUT2D eigenvalue weighted by molar-refractivity contribution is -0.153. The van der Waals surface area contributed by atoms with E-state index >= 15 is 0 Å². The fourth-order valence-electron chi connectivity index (χ4n) is 4.02. The minimum atomic E-state index is -2.14. The number of aliphatic hydroxyl groups excluding tert-OH is 4. The van der Waals surface area contributed by atoms with Crippen LogP contribution in [0.4, 0.5) is 0 Å². The van der Waals surface area contributed by atoms with Gasteiger partial charge < -0.3 is 36.6 Å². The van der Waals surface area contributed by atoms with E-state index in [-0.39, 0.29) is 0 Å². The van der Waals surface area contributed by atoms with Crippen molar-refractivity contribution in [3.8, 4) is 0 Å². The molecule has 37 heavy (non-hydrogen) atoms. The molecule has 0 bridgehead atoms. The van der Waals surface area contributed by atoms with Crippen molar-refractivity contribution >= 4 is 11.8 Å². The van der Waals surface area contributed by atoms with Crippen LogP contribution in [0.3, 0.4) is 0 Å². The van der Waals surface area contributed by atoms with Gasteiger partial charge in [0, 0.05) is 0 Å². The molecule has 0 spiro atoms. The Kier molecular flexibility index (Phi) is 10.0. The third kappa shape index (κ3) is 6.86. The van der Waals surface area contributed by atoms with E-state index in [1.807, 2.05) is 12.1 Å². The number of esters is 1. The maximum Gasteiger partial charge on any atom is 0.324 e. The predicted octanol–water partition coefficient (Wildman–Crippen LogP) is 0.402. The molecule has 3 aromatic rings. The monoisotopic (exact) mass is 508 g/mol. The van der Waals surface area contributed by atoms with Gasteiger partial charge in [-0.25, -0.2) is 0 Å². The fraction of sp³-hybridized carbons (Fsp3) is 0.286. The van der Waals surface area contributed by atoms with Gasteiger partial charge in [0.25, 0.3) is 0 Å². The average molecular weight is 509 g/mol. The molecular formula is C28H32N2O7. The highest BCUT2D eigenvalue weighted by atomic mass is 16.5. The topological polar surface area (TPSA) is 176 Å². The lowest BCUT2D eigenvalue weighted by Gasteiger charge is -2.30. The Morgan fingerprint density at radius 2 is 1.14 bits per heavy atom. The molecule has 8 N–H and O–H groups in total. The van der Waals surface area contributed by atoms with Gasteiger partial charge in [-0.05, 0) is 16.7 Å². The second-order valence-electron chi connectivity index (χ2n) is 8.73. The molecule has 0 aliphatic heterocycles. The summed E-state index contributed by atoms with van der Waals surface area (Å²) in [5.74, 6) is -3.33. The summed E-state index contributed by atoms with van der Waals surface area (Å²) < 4.78 is 5.82. The van der Waals surface area contributed by atoms with Crippen LogP contribution in [0.5, 0.6) is 0 Å².